The van der Waals surface area contributed by atoms with Gasteiger partial charge in [-0.05, 0) is 42.7 Å². The van der Waals surface area contributed by atoms with Crippen LogP contribution in [-0.2, 0) is 11.3 Å². The molecule has 1 aromatic heterocycles. The van der Waals surface area contributed by atoms with Crippen LogP contribution in [0, 0.1) is 11.8 Å². The highest BCUT2D eigenvalue weighted by Gasteiger charge is 2.48. The van der Waals surface area contributed by atoms with Crippen molar-refractivity contribution in [1.29, 1.82) is 0 Å². The molecule has 6 nitrogen and oxygen atoms in total. The molecule has 3 saturated heterocycles. The molecule has 6 heteroatoms. The van der Waals surface area contributed by atoms with Crippen LogP contribution >= 0.6 is 0 Å². The Kier molecular flexibility index (Phi) is 3.98. The van der Waals surface area contributed by atoms with Crippen molar-refractivity contribution < 1.29 is 9.90 Å². The number of nitrogens with zero attached hydrogens (tertiary/aromatic N) is 3. The van der Waals surface area contributed by atoms with Gasteiger partial charge in [-0.3, -0.25) is 14.8 Å². The Morgan fingerprint density at radius 1 is 1.27 bits per heavy atom. The molecule has 26 heavy (non-hydrogen) atoms. The van der Waals surface area contributed by atoms with Gasteiger partial charge >= 0.3 is 0 Å². The highest BCUT2D eigenvalue weighted by atomic mass is 16.3. The fourth-order valence-corrected chi connectivity index (χ4v) is 5.58. The van der Waals surface area contributed by atoms with Crippen LogP contribution < -0.4 is 0 Å². The van der Waals surface area contributed by atoms with Gasteiger partial charge in [0.15, 0.2) is 0 Å². The molecule has 3 fully saturated rings. The van der Waals surface area contributed by atoms with Crippen LogP contribution in [0.2, 0.25) is 0 Å². The number of aliphatic hydroxyl groups excluding tert-OH is 1. The van der Waals surface area contributed by atoms with E-state index in [0.29, 0.717) is 24.3 Å². The Hall–Kier alpha value is -1.92. The number of likely N-dealkylation sites (tertiary alicyclic amines) is 1. The van der Waals surface area contributed by atoms with Crippen LogP contribution in [0.15, 0.2) is 24.4 Å². The number of amides is 1. The monoisotopic (exact) mass is 354 g/mol. The summed E-state index contributed by atoms with van der Waals surface area (Å²) in [6.07, 6.45) is 5.74. The van der Waals surface area contributed by atoms with Gasteiger partial charge < -0.3 is 10.0 Å². The second kappa shape index (κ2) is 6.35. The van der Waals surface area contributed by atoms with Crippen molar-refractivity contribution in [2.45, 2.75) is 44.3 Å². The van der Waals surface area contributed by atoms with Gasteiger partial charge in [-0.25, -0.2) is 0 Å². The lowest BCUT2D eigenvalue weighted by molar-refractivity contribution is -0.155. The Balaban J connectivity index is 1.37. The van der Waals surface area contributed by atoms with E-state index in [4.69, 9.17) is 0 Å². The average molecular weight is 354 g/mol. The maximum absolute atomic E-state index is 12.5. The van der Waals surface area contributed by atoms with Gasteiger partial charge in [-0.1, -0.05) is 12.1 Å². The highest BCUT2D eigenvalue weighted by molar-refractivity contribution is 5.78. The maximum atomic E-state index is 12.5. The average Bonchev–Trinajstić information content (AvgIpc) is 3.10. The zero-order valence-electron chi connectivity index (χ0n) is 15.0. The summed E-state index contributed by atoms with van der Waals surface area (Å²) in [5.74, 6) is 1.18. The van der Waals surface area contributed by atoms with Crippen LogP contribution in [0.3, 0.4) is 0 Å². The van der Waals surface area contributed by atoms with Crippen molar-refractivity contribution in [3.63, 3.8) is 0 Å². The number of aromatic nitrogens is 2. The number of hydrogen-bond donors (Lipinski definition) is 2. The number of aliphatic hydroxyl groups is 1. The Morgan fingerprint density at radius 3 is 3.04 bits per heavy atom. The number of nitrogens with one attached hydrogen (secondary N) is 1. The van der Waals surface area contributed by atoms with Crippen molar-refractivity contribution in [3.8, 4) is 0 Å². The van der Waals surface area contributed by atoms with Crippen LogP contribution in [0.25, 0.3) is 10.9 Å². The largest absolute Gasteiger partial charge is 0.394 e. The molecule has 0 unspecified atom stereocenters. The zero-order chi connectivity index (χ0) is 17.7. The van der Waals surface area contributed by atoms with E-state index < -0.39 is 0 Å². The number of piperidine rings is 3. The molecule has 0 radical (unpaired) electrons. The van der Waals surface area contributed by atoms with E-state index in [1.165, 1.54) is 5.56 Å². The molecule has 2 aromatic rings. The van der Waals surface area contributed by atoms with E-state index in [-0.39, 0.29) is 18.6 Å². The van der Waals surface area contributed by atoms with E-state index in [1.807, 2.05) is 6.20 Å². The quantitative estimate of drug-likeness (QED) is 0.881. The minimum Gasteiger partial charge on any atom is -0.394 e. The summed E-state index contributed by atoms with van der Waals surface area (Å²) >= 11 is 0. The van der Waals surface area contributed by atoms with Crippen molar-refractivity contribution in [1.82, 2.24) is 20.0 Å². The lowest BCUT2D eigenvalue weighted by atomic mass is 9.72. The maximum Gasteiger partial charge on any atom is 0.223 e. The van der Waals surface area contributed by atoms with Crippen molar-refractivity contribution in [2.75, 3.05) is 19.7 Å². The molecule has 1 aromatic carbocycles. The molecule has 1 amide bonds. The Morgan fingerprint density at radius 2 is 2.15 bits per heavy atom. The van der Waals surface area contributed by atoms with Gasteiger partial charge in [-0.15, -0.1) is 0 Å². The minimum atomic E-state index is 0.00179. The van der Waals surface area contributed by atoms with Gasteiger partial charge in [0.1, 0.15) is 0 Å². The van der Waals surface area contributed by atoms with E-state index >= 15 is 0 Å². The number of hydrogen-bond acceptors (Lipinski definition) is 4. The molecule has 138 valence electrons. The molecule has 0 saturated carbocycles. The molecule has 2 bridgehead atoms. The minimum absolute atomic E-state index is 0.00179. The fraction of sp³-hybridized carbons (Fsp3) is 0.600. The van der Waals surface area contributed by atoms with Crippen LogP contribution in [0.1, 0.15) is 31.2 Å². The predicted molar refractivity (Wildman–Crippen MR) is 98.3 cm³/mol. The van der Waals surface area contributed by atoms with E-state index in [9.17, 15) is 9.90 Å². The number of fused-ring (bicyclic) bond motifs is 5. The molecular formula is C20H26N4O2. The first-order valence-corrected chi connectivity index (χ1v) is 9.79. The summed E-state index contributed by atoms with van der Waals surface area (Å²) in [5.41, 5.74) is 2.37. The topological polar surface area (TPSA) is 72.5 Å². The van der Waals surface area contributed by atoms with Crippen LogP contribution in [-0.4, -0.2) is 62.8 Å². The molecule has 4 atom stereocenters. The third-order valence-corrected chi connectivity index (χ3v) is 6.67. The fourth-order valence-electron chi connectivity index (χ4n) is 5.58. The molecule has 3 aliphatic heterocycles. The predicted octanol–water partition coefficient (Wildman–Crippen LogP) is 1.76. The van der Waals surface area contributed by atoms with E-state index in [2.05, 4.69) is 38.2 Å². The first kappa shape index (κ1) is 16.3. The second-order valence-corrected chi connectivity index (χ2v) is 8.25. The summed E-state index contributed by atoms with van der Waals surface area (Å²) in [7, 11) is 0. The van der Waals surface area contributed by atoms with Gasteiger partial charge in [0, 0.05) is 37.5 Å². The van der Waals surface area contributed by atoms with E-state index in [0.717, 1.165) is 49.8 Å². The van der Waals surface area contributed by atoms with Gasteiger partial charge in [0.25, 0.3) is 0 Å². The zero-order valence-corrected chi connectivity index (χ0v) is 15.0. The van der Waals surface area contributed by atoms with Gasteiger partial charge in [-0.2, -0.15) is 5.10 Å². The van der Waals surface area contributed by atoms with Crippen LogP contribution in [0.5, 0.6) is 0 Å². The van der Waals surface area contributed by atoms with Crippen LogP contribution in [0.4, 0.5) is 0 Å². The summed E-state index contributed by atoms with van der Waals surface area (Å²) < 4.78 is 0. The van der Waals surface area contributed by atoms with Crippen molar-refractivity contribution in [2.24, 2.45) is 11.8 Å². The molecule has 0 spiro atoms. The Bertz CT molecular complexity index is 805. The number of aromatic amines is 1. The highest BCUT2D eigenvalue weighted by Crippen LogP contribution is 2.41. The molecule has 4 heterocycles. The third kappa shape index (κ3) is 2.63. The summed E-state index contributed by atoms with van der Waals surface area (Å²) in [5, 5.41) is 18.3. The van der Waals surface area contributed by atoms with Crippen molar-refractivity contribution in [3.05, 3.63) is 30.0 Å². The SMILES string of the molecule is O=C1CCC[C@H]2[C@@H]3C[C@@H](CN(Cc4ccc5cn[nH]c5c4)C3)[C@H](CO)N12. The second-order valence-electron chi connectivity index (χ2n) is 8.25. The molecule has 5 rings (SSSR count). The molecular weight excluding hydrogens is 328 g/mol. The summed E-state index contributed by atoms with van der Waals surface area (Å²) in [4.78, 5) is 17.1. The number of H-pyrrole nitrogens is 1. The van der Waals surface area contributed by atoms with E-state index in [1.54, 1.807) is 0 Å². The van der Waals surface area contributed by atoms with Crippen molar-refractivity contribution >= 4 is 16.8 Å². The molecule has 3 aliphatic rings. The summed E-state index contributed by atoms with van der Waals surface area (Å²) in [6, 6.07) is 6.82. The standard InChI is InChI=1S/C20H26N4O2/c25-12-19-16-7-15(18-2-1-3-20(26)24(18)19)10-23(11-16)9-13-4-5-14-8-21-22-17(14)6-13/h4-6,8,15-16,18-19,25H,1-3,7,9-12H2,(H,21,22)/t15-,16+,18+,19+/m1/s1. The lowest BCUT2D eigenvalue weighted by Gasteiger charge is -2.56. The first-order valence-electron chi connectivity index (χ1n) is 9.79. The normalized spacial score (nSPS) is 32.0. The lowest BCUT2D eigenvalue weighted by Crippen LogP contribution is -2.65. The molecule has 2 N–H and O–H groups in total. The smallest absolute Gasteiger partial charge is 0.223 e. The van der Waals surface area contributed by atoms with Gasteiger partial charge in [0.05, 0.1) is 24.4 Å². The summed E-state index contributed by atoms with van der Waals surface area (Å²) in [6.45, 7) is 3.01. The Labute approximate surface area is 153 Å². The molecule has 0 aliphatic carbocycles. The number of rotatable bonds is 3. The number of benzene rings is 1. The van der Waals surface area contributed by atoms with Gasteiger partial charge in [0.2, 0.25) is 5.91 Å². The number of carbonyl (C=O) groups excluding carboxylic acids is 1. The third-order valence-electron chi connectivity index (χ3n) is 6.67. The number of carbonyl (C=O) groups is 1. The first-order chi connectivity index (χ1) is 12.7.